The molecule has 0 bridgehead atoms. The average Bonchev–Trinajstić information content (AvgIpc) is 3.61. The van der Waals surface area contributed by atoms with Crippen molar-refractivity contribution in [3.05, 3.63) is 31.0 Å². The third-order valence-corrected chi connectivity index (χ3v) is 7.63. The van der Waals surface area contributed by atoms with Crippen molar-refractivity contribution in [3.8, 4) is 17.3 Å². The number of nitrogens with one attached hydrogen (secondary N) is 1. The van der Waals surface area contributed by atoms with Crippen molar-refractivity contribution >= 4 is 23.2 Å². The maximum atomic E-state index is 12.9. The summed E-state index contributed by atoms with van der Waals surface area (Å²) in [6, 6.07) is 4.33. The van der Waals surface area contributed by atoms with E-state index in [4.69, 9.17) is 0 Å². The van der Waals surface area contributed by atoms with E-state index in [1.54, 1.807) is 6.20 Å². The van der Waals surface area contributed by atoms with E-state index in [9.17, 15) is 14.9 Å². The van der Waals surface area contributed by atoms with Crippen LogP contribution in [-0.4, -0.2) is 54.9 Å². The van der Waals surface area contributed by atoms with Gasteiger partial charge in [0.15, 0.2) is 0 Å². The molecular formula is C25H29N7O2. The van der Waals surface area contributed by atoms with Crippen LogP contribution in [0.4, 0.5) is 0 Å². The number of likely N-dealkylation sites (tertiary alicyclic amines) is 1. The van der Waals surface area contributed by atoms with E-state index in [0.717, 1.165) is 54.3 Å². The molecular weight excluding hydrogens is 430 g/mol. The number of amides is 1. The van der Waals surface area contributed by atoms with Gasteiger partial charge < -0.3 is 14.7 Å². The molecule has 9 nitrogen and oxygen atoms in total. The number of hydrogen-bond donors (Lipinski definition) is 1. The Hall–Kier alpha value is -3.54. The summed E-state index contributed by atoms with van der Waals surface area (Å²) < 4.78 is 1.95. The number of aldehydes is 1. The fraction of sp³-hybridized carbons (Fsp3) is 0.520. The van der Waals surface area contributed by atoms with Gasteiger partial charge in [0.1, 0.15) is 18.3 Å². The van der Waals surface area contributed by atoms with Crippen LogP contribution in [0.1, 0.15) is 45.4 Å². The predicted molar refractivity (Wildman–Crippen MR) is 125 cm³/mol. The lowest BCUT2D eigenvalue weighted by molar-refractivity contribution is -0.137. The maximum Gasteiger partial charge on any atom is 0.232 e. The molecule has 1 saturated heterocycles. The van der Waals surface area contributed by atoms with Crippen LogP contribution in [0, 0.1) is 29.1 Å². The fourth-order valence-corrected chi connectivity index (χ4v) is 5.92. The summed E-state index contributed by atoms with van der Waals surface area (Å²) in [7, 11) is 0. The number of H-pyrrole nitrogens is 1. The van der Waals surface area contributed by atoms with Gasteiger partial charge in [-0.1, -0.05) is 19.8 Å². The van der Waals surface area contributed by atoms with E-state index in [1.165, 1.54) is 6.33 Å². The highest BCUT2D eigenvalue weighted by molar-refractivity contribution is 5.92. The Balaban J connectivity index is 1.35. The number of unbranched alkanes of at least 4 members (excludes halogenated alkanes) is 1. The number of hydrogen-bond acceptors (Lipinski definition) is 6. The summed E-state index contributed by atoms with van der Waals surface area (Å²) >= 11 is 0. The molecule has 1 aliphatic carbocycles. The zero-order valence-electron chi connectivity index (χ0n) is 19.4. The molecule has 4 atom stereocenters. The van der Waals surface area contributed by atoms with Gasteiger partial charge in [0.25, 0.3) is 0 Å². The Labute approximate surface area is 198 Å². The van der Waals surface area contributed by atoms with E-state index >= 15 is 0 Å². The molecule has 2 aliphatic rings. The molecule has 1 aliphatic heterocycles. The van der Waals surface area contributed by atoms with Crippen molar-refractivity contribution in [1.82, 2.24) is 29.6 Å². The highest BCUT2D eigenvalue weighted by atomic mass is 16.2. The van der Waals surface area contributed by atoms with Crippen LogP contribution in [0.3, 0.4) is 0 Å². The quantitative estimate of drug-likeness (QED) is 0.408. The zero-order chi connectivity index (χ0) is 23.7. The van der Waals surface area contributed by atoms with Crippen LogP contribution in [0.15, 0.2) is 31.0 Å². The zero-order valence-corrected chi connectivity index (χ0v) is 19.4. The molecule has 2 fully saturated rings. The Morgan fingerprint density at radius 3 is 2.85 bits per heavy atom. The molecule has 1 saturated carbocycles. The van der Waals surface area contributed by atoms with Gasteiger partial charge in [0.05, 0.1) is 35.8 Å². The largest absolute Gasteiger partial charge is 0.346 e. The Bertz CT molecular complexity index is 1230. The minimum absolute atomic E-state index is 0.0376. The molecule has 34 heavy (non-hydrogen) atoms. The summed E-state index contributed by atoms with van der Waals surface area (Å²) in [4.78, 5) is 38.1. The molecule has 5 rings (SSSR count). The number of aromatic nitrogens is 5. The van der Waals surface area contributed by atoms with Gasteiger partial charge in [0, 0.05) is 36.4 Å². The molecule has 2 unspecified atom stereocenters. The van der Waals surface area contributed by atoms with Gasteiger partial charge in [-0.05, 0) is 37.2 Å². The number of nitrogens with zero attached hydrogens (tertiary/aromatic N) is 6. The van der Waals surface area contributed by atoms with E-state index in [2.05, 4.69) is 33.0 Å². The van der Waals surface area contributed by atoms with Crippen molar-refractivity contribution < 1.29 is 9.59 Å². The van der Waals surface area contributed by atoms with Gasteiger partial charge in [-0.3, -0.25) is 9.48 Å². The van der Waals surface area contributed by atoms with Crippen molar-refractivity contribution in [2.45, 2.75) is 51.0 Å². The summed E-state index contributed by atoms with van der Waals surface area (Å²) in [5.74, 6) is 0.0385. The fourth-order valence-electron chi connectivity index (χ4n) is 5.92. The Morgan fingerprint density at radius 2 is 2.15 bits per heavy atom. The summed E-state index contributed by atoms with van der Waals surface area (Å²) in [5.41, 5.74) is 2.08. The molecule has 0 radical (unpaired) electrons. The van der Waals surface area contributed by atoms with Crippen LogP contribution >= 0.6 is 0 Å². The topological polar surface area (TPSA) is 121 Å². The van der Waals surface area contributed by atoms with Gasteiger partial charge >= 0.3 is 0 Å². The van der Waals surface area contributed by atoms with Crippen LogP contribution in [0.5, 0.6) is 0 Å². The first-order valence-corrected chi connectivity index (χ1v) is 12.0. The van der Waals surface area contributed by atoms with Gasteiger partial charge in [-0.15, -0.1) is 0 Å². The predicted octanol–water partition coefficient (Wildman–Crippen LogP) is 3.30. The number of rotatable bonds is 8. The van der Waals surface area contributed by atoms with Crippen LogP contribution in [-0.2, 0) is 15.1 Å². The minimum atomic E-state index is -0.533. The minimum Gasteiger partial charge on any atom is -0.346 e. The highest BCUT2D eigenvalue weighted by Crippen LogP contribution is 2.50. The van der Waals surface area contributed by atoms with E-state index < -0.39 is 11.5 Å². The van der Waals surface area contributed by atoms with Gasteiger partial charge in [-0.2, -0.15) is 10.4 Å². The van der Waals surface area contributed by atoms with Crippen molar-refractivity contribution in [2.24, 2.45) is 17.8 Å². The van der Waals surface area contributed by atoms with Crippen molar-refractivity contribution in [1.29, 1.82) is 5.26 Å². The average molecular weight is 460 g/mol. The van der Waals surface area contributed by atoms with Crippen molar-refractivity contribution in [2.75, 3.05) is 13.1 Å². The number of carbonyl (C=O) groups is 2. The maximum absolute atomic E-state index is 12.9. The Kier molecular flexibility index (Phi) is 5.90. The summed E-state index contributed by atoms with van der Waals surface area (Å²) in [6.07, 6.45) is 12.4. The summed E-state index contributed by atoms with van der Waals surface area (Å²) in [5, 5.41) is 15.3. The third kappa shape index (κ3) is 3.77. The Morgan fingerprint density at radius 1 is 1.35 bits per heavy atom. The molecule has 3 aromatic heterocycles. The van der Waals surface area contributed by atoms with Gasteiger partial charge in [0.2, 0.25) is 5.91 Å². The lowest BCUT2D eigenvalue weighted by Crippen LogP contribution is -2.38. The highest BCUT2D eigenvalue weighted by Gasteiger charge is 2.51. The molecule has 3 aromatic rings. The smallest absolute Gasteiger partial charge is 0.232 e. The standard InChI is InChI=1S/C25H29N7O2/c1-2-3-4-17(15-33)24(34)31-12-18-9-25(6-7-26,10-19(18)13-31)32-14-20(11-30-32)22-21-5-8-27-23(21)29-16-28-22/h5,8,11,14-19H,2-4,6,9-10,12-13H2,1H3,(H,27,28,29)/t17?,18-,19+,25?. The van der Waals surface area contributed by atoms with Crippen molar-refractivity contribution in [3.63, 3.8) is 0 Å². The van der Waals surface area contributed by atoms with Crippen LogP contribution in [0.2, 0.25) is 0 Å². The first kappa shape index (κ1) is 22.3. The number of nitriles is 1. The molecule has 1 N–H and O–H groups in total. The lowest BCUT2D eigenvalue weighted by atomic mass is 9.91. The molecule has 176 valence electrons. The molecule has 1 amide bonds. The first-order chi connectivity index (χ1) is 16.6. The number of fused-ring (bicyclic) bond motifs is 2. The third-order valence-electron chi connectivity index (χ3n) is 7.63. The summed E-state index contributed by atoms with van der Waals surface area (Å²) in [6.45, 7) is 3.36. The molecule has 0 aromatic carbocycles. The second-order valence-corrected chi connectivity index (χ2v) is 9.75. The molecule has 9 heteroatoms. The second-order valence-electron chi connectivity index (χ2n) is 9.75. The van der Waals surface area contributed by atoms with E-state index in [1.807, 2.05) is 28.0 Å². The van der Waals surface area contributed by atoms with E-state index in [0.29, 0.717) is 37.8 Å². The molecule has 4 heterocycles. The first-order valence-electron chi connectivity index (χ1n) is 12.0. The molecule has 0 spiro atoms. The van der Waals surface area contributed by atoms with Crippen LogP contribution in [0.25, 0.3) is 22.3 Å². The lowest BCUT2D eigenvalue weighted by Gasteiger charge is -2.30. The van der Waals surface area contributed by atoms with Gasteiger partial charge in [-0.25, -0.2) is 9.97 Å². The second kappa shape index (κ2) is 9.01. The van der Waals surface area contributed by atoms with E-state index in [-0.39, 0.29) is 5.91 Å². The SMILES string of the molecule is CCCCC(C=O)C(=O)N1C[C@@H]2CC(CC#N)(n3cc(-c4ncnc5[nH]ccc45)cn3)C[C@@H]2C1. The number of aromatic amines is 1. The van der Waals surface area contributed by atoms with Crippen LogP contribution < -0.4 is 0 Å². The normalized spacial score (nSPS) is 24.8. The monoisotopic (exact) mass is 459 g/mol. The number of carbonyl (C=O) groups excluding carboxylic acids is 2.